The molecule has 0 spiro atoms. The monoisotopic (exact) mass is 491 g/mol. The molecule has 0 bridgehead atoms. The average molecular weight is 492 g/mol. The van der Waals surface area contributed by atoms with Crippen LogP contribution in [0.4, 0.5) is 5.69 Å². The maximum Gasteiger partial charge on any atom is 0.311 e. The van der Waals surface area contributed by atoms with Gasteiger partial charge in [0.1, 0.15) is 11.5 Å². The summed E-state index contributed by atoms with van der Waals surface area (Å²) in [6.07, 6.45) is -0.147. The van der Waals surface area contributed by atoms with Crippen molar-refractivity contribution in [2.75, 3.05) is 32.7 Å². The number of fused-ring (bicyclic) bond motifs is 1. The Kier molecular flexibility index (Phi) is 7.33. The molecule has 4 rings (SSSR count). The van der Waals surface area contributed by atoms with Gasteiger partial charge in [-0.3, -0.25) is 29.6 Å². The topological polar surface area (TPSA) is 123 Å². The average Bonchev–Trinajstić information content (AvgIpc) is 3.27. The van der Waals surface area contributed by atoms with Crippen LogP contribution in [-0.4, -0.2) is 56.1 Å². The largest absolute Gasteiger partial charge is 0.497 e. The zero-order chi connectivity index (χ0) is 25.7. The first-order chi connectivity index (χ1) is 17.4. The minimum atomic E-state index is -0.817. The van der Waals surface area contributed by atoms with Crippen molar-refractivity contribution in [3.05, 3.63) is 66.2 Å². The van der Waals surface area contributed by atoms with Crippen molar-refractivity contribution in [3.63, 3.8) is 0 Å². The molecule has 1 aliphatic heterocycles. The molecule has 0 radical (unpaired) electrons. The number of esters is 1. The molecule has 1 saturated heterocycles. The Balaban J connectivity index is 1.31. The van der Waals surface area contributed by atoms with E-state index in [0.717, 1.165) is 15.8 Å². The number of methoxy groups -OCH3 is 2. The van der Waals surface area contributed by atoms with Gasteiger partial charge in [0.2, 0.25) is 5.91 Å². The van der Waals surface area contributed by atoms with E-state index in [1.54, 1.807) is 12.1 Å². The quantitative estimate of drug-likeness (QED) is 0.464. The van der Waals surface area contributed by atoms with Crippen LogP contribution >= 0.6 is 0 Å². The molecule has 10 heteroatoms. The van der Waals surface area contributed by atoms with E-state index in [9.17, 15) is 19.2 Å². The summed E-state index contributed by atoms with van der Waals surface area (Å²) < 4.78 is 15.5. The lowest BCUT2D eigenvalue weighted by atomic mass is 10.1. The molecule has 2 N–H and O–H groups in total. The minimum absolute atomic E-state index is 0.0740. The molecule has 0 saturated carbocycles. The smallest absolute Gasteiger partial charge is 0.311 e. The third-order valence-corrected chi connectivity index (χ3v) is 5.72. The summed E-state index contributed by atoms with van der Waals surface area (Å²) in [6, 6.07) is 17.7. The van der Waals surface area contributed by atoms with Crippen LogP contribution in [0.15, 0.2) is 60.7 Å². The molecule has 1 heterocycles. The zero-order valence-electron chi connectivity index (χ0n) is 19.8. The number of carbonyl (C=O) groups is 4. The number of hydrogen-bond acceptors (Lipinski definition) is 7. The SMILES string of the molecule is COc1cc(OC)cc(C(=O)NN2C[C@@H](C(=O)OCC(=O)Nc3cccc4ccccc34)CC2=O)c1. The maximum absolute atomic E-state index is 12.7. The number of amides is 3. The van der Waals surface area contributed by atoms with Crippen LogP contribution in [0.3, 0.4) is 0 Å². The van der Waals surface area contributed by atoms with Gasteiger partial charge in [-0.1, -0.05) is 36.4 Å². The number of rotatable bonds is 8. The van der Waals surface area contributed by atoms with Crippen LogP contribution in [0.1, 0.15) is 16.8 Å². The standard InChI is InChI=1S/C26H25N3O7/c1-34-19-10-17(11-20(13-19)35-2)25(32)28-29-14-18(12-24(29)31)26(33)36-15-23(30)27-22-9-5-7-16-6-3-4-8-21(16)22/h3-11,13,18H,12,14-15H2,1-2H3,(H,27,30)(H,28,32)/t18-/m0/s1. The van der Waals surface area contributed by atoms with Crippen LogP contribution in [0.25, 0.3) is 10.8 Å². The van der Waals surface area contributed by atoms with Crippen molar-refractivity contribution in [2.24, 2.45) is 5.92 Å². The van der Waals surface area contributed by atoms with Gasteiger partial charge in [0, 0.05) is 29.1 Å². The second-order valence-electron chi connectivity index (χ2n) is 8.13. The minimum Gasteiger partial charge on any atom is -0.497 e. The predicted molar refractivity (Wildman–Crippen MR) is 130 cm³/mol. The van der Waals surface area contributed by atoms with E-state index in [4.69, 9.17) is 14.2 Å². The van der Waals surface area contributed by atoms with Crippen molar-refractivity contribution in [3.8, 4) is 11.5 Å². The van der Waals surface area contributed by atoms with Gasteiger partial charge >= 0.3 is 5.97 Å². The van der Waals surface area contributed by atoms with E-state index in [1.807, 2.05) is 36.4 Å². The van der Waals surface area contributed by atoms with Crippen molar-refractivity contribution in [1.82, 2.24) is 10.4 Å². The molecule has 36 heavy (non-hydrogen) atoms. The van der Waals surface area contributed by atoms with Crippen LogP contribution in [0.2, 0.25) is 0 Å². The van der Waals surface area contributed by atoms with Gasteiger partial charge in [0.15, 0.2) is 6.61 Å². The second-order valence-corrected chi connectivity index (χ2v) is 8.13. The number of benzene rings is 3. The number of hydrazine groups is 1. The number of nitrogens with one attached hydrogen (secondary N) is 2. The van der Waals surface area contributed by atoms with Crippen molar-refractivity contribution in [1.29, 1.82) is 0 Å². The Hall–Kier alpha value is -4.60. The number of hydrogen-bond donors (Lipinski definition) is 2. The number of anilines is 1. The molecule has 3 amide bonds. The Morgan fingerprint density at radius 2 is 1.67 bits per heavy atom. The van der Waals surface area contributed by atoms with E-state index in [0.29, 0.717) is 17.2 Å². The molecule has 0 unspecified atom stereocenters. The molecule has 3 aromatic rings. The van der Waals surface area contributed by atoms with Gasteiger partial charge in [-0.25, -0.2) is 0 Å². The second kappa shape index (κ2) is 10.8. The fourth-order valence-corrected chi connectivity index (χ4v) is 3.87. The molecule has 0 aliphatic carbocycles. The third kappa shape index (κ3) is 5.54. The summed E-state index contributed by atoms with van der Waals surface area (Å²) in [5.41, 5.74) is 3.32. The third-order valence-electron chi connectivity index (χ3n) is 5.72. The number of ether oxygens (including phenoxy) is 3. The van der Waals surface area contributed by atoms with Gasteiger partial charge in [-0.2, -0.15) is 0 Å². The molecule has 186 valence electrons. The highest BCUT2D eigenvalue weighted by atomic mass is 16.5. The lowest BCUT2D eigenvalue weighted by molar-refractivity contribution is -0.151. The molecule has 3 aromatic carbocycles. The van der Waals surface area contributed by atoms with E-state index in [-0.39, 0.29) is 18.5 Å². The lowest BCUT2D eigenvalue weighted by Crippen LogP contribution is -2.43. The van der Waals surface area contributed by atoms with Crippen molar-refractivity contribution >= 4 is 40.2 Å². The normalized spacial score (nSPS) is 14.9. The molecular weight excluding hydrogens is 466 g/mol. The highest BCUT2D eigenvalue weighted by molar-refractivity contribution is 6.03. The Morgan fingerprint density at radius 1 is 0.972 bits per heavy atom. The highest BCUT2D eigenvalue weighted by Crippen LogP contribution is 2.24. The molecular formula is C26H25N3O7. The van der Waals surface area contributed by atoms with E-state index in [1.165, 1.54) is 26.4 Å². The molecule has 1 aliphatic rings. The fraction of sp³-hybridized carbons (Fsp3) is 0.231. The molecule has 1 fully saturated rings. The Labute approximate surface area is 207 Å². The summed E-state index contributed by atoms with van der Waals surface area (Å²) >= 11 is 0. The van der Waals surface area contributed by atoms with Gasteiger partial charge in [-0.15, -0.1) is 0 Å². The van der Waals surface area contributed by atoms with E-state index in [2.05, 4.69) is 10.7 Å². The first kappa shape index (κ1) is 24.5. The summed E-state index contributed by atoms with van der Waals surface area (Å²) in [6.45, 7) is -0.571. The van der Waals surface area contributed by atoms with Crippen LogP contribution in [0, 0.1) is 5.92 Å². The molecule has 1 atom stereocenters. The zero-order valence-corrected chi connectivity index (χ0v) is 19.8. The molecule has 10 nitrogen and oxygen atoms in total. The number of carbonyl (C=O) groups excluding carboxylic acids is 4. The summed E-state index contributed by atoms with van der Waals surface area (Å²) in [4.78, 5) is 49.9. The Morgan fingerprint density at radius 3 is 2.39 bits per heavy atom. The Bertz CT molecular complexity index is 1300. The predicted octanol–water partition coefficient (Wildman–Crippen LogP) is 2.53. The summed E-state index contributed by atoms with van der Waals surface area (Å²) in [5, 5.41) is 5.63. The van der Waals surface area contributed by atoms with Crippen LogP contribution in [0.5, 0.6) is 11.5 Å². The van der Waals surface area contributed by atoms with Crippen molar-refractivity contribution in [2.45, 2.75) is 6.42 Å². The van der Waals surface area contributed by atoms with E-state index < -0.39 is 36.2 Å². The van der Waals surface area contributed by atoms with Crippen molar-refractivity contribution < 1.29 is 33.4 Å². The first-order valence-corrected chi connectivity index (χ1v) is 11.2. The van der Waals surface area contributed by atoms with Gasteiger partial charge in [0.05, 0.1) is 26.7 Å². The summed E-state index contributed by atoms with van der Waals surface area (Å²) in [7, 11) is 2.91. The number of nitrogens with zero attached hydrogens (tertiary/aromatic N) is 1. The lowest BCUT2D eigenvalue weighted by Gasteiger charge is -2.18. The highest BCUT2D eigenvalue weighted by Gasteiger charge is 2.37. The maximum atomic E-state index is 12.7. The van der Waals surface area contributed by atoms with E-state index >= 15 is 0 Å². The van der Waals surface area contributed by atoms with Crippen LogP contribution < -0.4 is 20.2 Å². The van der Waals surface area contributed by atoms with Gasteiger partial charge in [-0.05, 0) is 23.6 Å². The molecule has 0 aromatic heterocycles. The van der Waals surface area contributed by atoms with Gasteiger partial charge < -0.3 is 19.5 Å². The summed E-state index contributed by atoms with van der Waals surface area (Å²) in [5.74, 6) is -2.20. The van der Waals surface area contributed by atoms with Crippen LogP contribution in [-0.2, 0) is 19.1 Å². The van der Waals surface area contributed by atoms with Gasteiger partial charge in [0.25, 0.3) is 11.8 Å². The first-order valence-electron chi connectivity index (χ1n) is 11.2. The fourth-order valence-electron chi connectivity index (χ4n) is 3.87.